The lowest BCUT2D eigenvalue weighted by Crippen LogP contribution is -2.27. The smallest absolute Gasteiger partial charge is 0.0907 e. The van der Waals surface area contributed by atoms with Crippen LogP contribution >= 0.6 is 11.3 Å². The monoisotopic (exact) mass is 289 g/mol. The molecule has 1 aromatic carbocycles. The number of rotatable bonds is 3. The van der Waals surface area contributed by atoms with E-state index >= 15 is 0 Å². The molecule has 0 bridgehead atoms. The average molecular weight is 289 g/mol. The molecule has 0 spiro atoms. The number of nitrogens with zero attached hydrogens (tertiary/aromatic N) is 2. The van der Waals surface area contributed by atoms with Gasteiger partial charge < -0.3 is 10.6 Å². The molecule has 4 heteroatoms. The SMILES string of the molecule is Cc1nc2cc(N(C)CC3CCCCC3)c(N)cc2s1. The van der Waals surface area contributed by atoms with Gasteiger partial charge in [-0.3, -0.25) is 0 Å². The van der Waals surface area contributed by atoms with Gasteiger partial charge in [0, 0.05) is 13.6 Å². The Morgan fingerprint density at radius 2 is 2.05 bits per heavy atom. The maximum absolute atomic E-state index is 6.24. The normalized spacial score (nSPS) is 16.7. The standard InChI is InChI=1S/C16H23N3S/c1-11-18-14-9-15(13(17)8-16(14)20-11)19(2)10-12-6-4-3-5-7-12/h8-9,12H,3-7,10,17H2,1-2H3. The first-order chi connectivity index (χ1) is 9.63. The van der Waals surface area contributed by atoms with Crippen LogP contribution < -0.4 is 10.6 Å². The third kappa shape index (κ3) is 2.75. The minimum Gasteiger partial charge on any atom is -0.397 e. The molecule has 2 aromatic rings. The zero-order chi connectivity index (χ0) is 14.1. The van der Waals surface area contributed by atoms with E-state index in [-0.39, 0.29) is 0 Å². The number of aromatic nitrogens is 1. The van der Waals surface area contributed by atoms with Crippen molar-refractivity contribution in [3.63, 3.8) is 0 Å². The molecule has 2 N–H and O–H groups in total. The minimum absolute atomic E-state index is 0.820. The molecule has 3 nitrogen and oxygen atoms in total. The zero-order valence-electron chi connectivity index (χ0n) is 12.4. The van der Waals surface area contributed by atoms with Crippen molar-refractivity contribution in [1.82, 2.24) is 4.98 Å². The van der Waals surface area contributed by atoms with Gasteiger partial charge in [0.05, 0.1) is 26.6 Å². The Labute approximate surface area is 124 Å². The number of aryl methyl sites for hydroxylation is 1. The van der Waals surface area contributed by atoms with Crippen molar-refractivity contribution in [2.24, 2.45) is 5.92 Å². The number of nitrogen functional groups attached to an aromatic ring is 1. The Morgan fingerprint density at radius 1 is 1.30 bits per heavy atom. The van der Waals surface area contributed by atoms with Crippen LogP contribution in [0.2, 0.25) is 0 Å². The molecular formula is C16H23N3S. The Balaban J connectivity index is 1.82. The predicted molar refractivity (Wildman–Crippen MR) is 88.6 cm³/mol. The molecule has 0 amide bonds. The van der Waals surface area contributed by atoms with Crippen molar-refractivity contribution in [2.75, 3.05) is 24.2 Å². The van der Waals surface area contributed by atoms with Crippen LogP contribution in [0.4, 0.5) is 11.4 Å². The van der Waals surface area contributed by atoms with E-state index in [1.165, 1.54) is 36.8 Å². The Morgan fingerprint density at radius 3 is 2.80 bits per heavy atom. The molecule has 0 saturated heterocycles. The maximum Gasteiger partial charge on any atom is 0.0907 e. The molecular weight excluding hydrogens is 266 g/mol. The third-order valence-electron chi connectivity index (χ3n) is 4.31. The largest absolute Gasteiger partial charge is 0.397 e. The van der Waals surface area contributed by atoms with Crippen LogP contribution in [0.1, 0.15) is 37.1 Å². The van der Waals surface area contributed by atoms with Crippen LogP contribution in [0.5, 0.6) is 0 Å². The summed E-state index contributed by atoms with van der Waals surface area (Å²) < 4.78 is 1.19. The quantitative estimate of drug-likeness (QED) is 0.861. The van der Waals surface area contributed by atoms with Gasteiger partial charge in [-0.15, -0.1) is 11.3 Å². The highest BCUT2D eigenvalue weighted by Crippen LogP contribution is 2.33. The Kier molecular flexibility index (Phi) is 3.83. The summed E-state index contributed by atoms with van der Waals surface area (Å²) in [5, 5.41) is 1.10. The molecule has 0 radical (unpaired) electrons. The number of hydrogen-bond donors (Lipinski definition) is 1. The van der Waals surface area contributed by atoms with Crippen LogP contribution in [0.25, 0.3) is 10.2 Å². The van der Waals surface area contributed by atoms with Crippen LogP contribution in [0.15, 0.2) is 12.1 Å². The summed E-state index contributed by atoms with van der Waals surface area (Å²) in [5.41, 5.74) is 9.32. The van der Waals surface area contributed by atoms with Crippen molar-refractivity contribution in [2.45, 2.75) is 39.0 Å². The molecule has 3 rings (SSSR count). The first kappa shape index (κ1) is 13.7. The summed E-state index contributed by atoms with van der Waals surface area (Å²) in [4.78, 5) is 6.90. The van der Waals surface area contributed by atoms with Crippen LogP contribution in [0, 0.1) is 12.8 Å². The lowest BCUT2D eigenvalue weighted by molar-refractivity contribution is 0.362. The lowest BCUT2D eigenvalue weighted by atomic mass is 9.89. The van der Waals surface area contributed by atoms with Crippen molar-refractivity contribution in [1.29, 1.82) is 0 Å². The van der Waals surface area contributed by atoms with E-state index in [9.17, 15) is 0 Å². The molecule has 1 saturated carbocycles. The molecule has 108 valence electrons. The summed E-state index contributed by atoms with van der Waals surface area (Å²) in [6.45, 7) is 3.16. The second-order valence-electron chi connectivity index (χ2n) is 6.00. The van der Waals surface area contributed by atoms with Gasteiger partial charge in [0.15, 0.2) is 0 Å². The Hall–Kier alpha value is -1.29. The van der Waals surface area contributed by atoms with Gasteiger partial charge in [-0.05, 0) is 37.8 Å². The van der Waals surface area contributed by atoms with Gasteiger partial charge >= 0.3 is 0 Å². The van der Waals surface area contributed by atoms with Gasteiger partial charge in [-0.25, -0.2) is 4.98 Å². The fourth-order valence-electron chi connectivity index (χ4n) is 3.28. The second kappa shape index (κ2) is 5.60. The fourth-order valence-corrected chi connectivity index (χ4v) is 4.14. The summed E-state index contributed by atoms with van der Waals surface area (Å²) in [6, 6.07) is 4.23. The number of benzene rings is 1. The van der Waals surface area contributed by atoms with Crippen LogP contribution in [-0.4, -0.2) is 18.6 Å². The molecule has 0 unspecified atom stereocenters. The van der Waals surface area contributed by atoms with E-state index in [1.54, 1.807) is 11.3 Å². The molecule has 0 aliphatic heterocycles. The van der Waals surface area contributed by atoms with Crippen LogP contribution in [0.3, 0.4) is 0 Å². The van der Waals surface area contributed by atoms with Gasteiger partial charge in [-0.2, -0.15) is 0 Å². The summed E-state index contributed by atoms with van der Waals surface area (Å²) in [6.07, 6.45) is 6.91. The molecule has 20 heavy (non-hydrogen) atoms. The highest BCUT2D eigenvalue weighted by molar-refractivity contribution is 7.18. The van der Waals surface area contributed by atoms with Gasteiger partial charge in [0.2, 0.25) is 0 Å². The minimum atomic E-state index is 0.820. The molecule has 1 aliphatic carbocycles. The van der Waals surface area contributed by atoms with E-state index in [0.29, 0.717) is 0 Å². The maximum atomic E-state index is 6.24. The van der Waals surface area contributed by atoms with Crippen molar-refractivity contribution >= 4 is 32.9 Å². The first-order valence-electron chi connectivity index (χ1n) is 7.51. The molecule has 1 fully saturated rings. The highest BCUT2D eigenvalue weighted by atomic mass is 32.1. The van der Waals surface area contributed by atoms with E-state index in [4.69, 9.17) is 5.73 Å². The molecule has 1 heterocycles. The average Bonchev–Trinajstić information content (AvgIpc) is 2.78. The van der Waals surface area contributed by atoms with Gasteiger partial charge in [0.1, 0.15) is 0 Å². The van der Waals surface area contributed by atoms with Gasteiger partial charge in [-0.1, -0.05) is 19.3 Å². The molecule has 0 atom stereocenters. The fraction of sp³-hybridized carbons (Fsp3) is 0.562. The van der Waals surface area contributed by atoms with E-state index in [1.807, 2.05) is 6.92 Å². The molecule has 1 aromatic heterocycles. The number of nitrogens with two attached hydrogens (primary N) is 1. The number of fused-ring (bicyclic) bond motifs is 1. The van der Waals surface area contributed by atoms with Crippen molar-refractivity contribution < 1.29 is 0 Å². The highest BCUT2D eigenvalue weighted by Gasteiger charge is 2.17. The number of thiazole rings is 1. The summed E-state index contributed by atoms with van der Waals surface area (Å²) in [7, 11) is 2.16. The first-order valence-corrected chi connectivity index (χ1v) is 8.33. The second-order valence-corrected chi connectivity index (χ2v) is 7.23. The topological polar surface area (TPSA) is 42.2 Å². The van der Waals surface area contributed by atoms with Crippen molar-refractivity contribution in [3.8, 4) is 0 Å². The zero-order valence-corrected chi connectivity index (χ0v) is 13.2. The summed E-state index contributed by atoms with van der Waals surface area (Å²) >= 11 is 1.71. The predicted octanol–water partition coefficient (Wildman–Crippen LogP) is 4.20. The number of hydrogen-bond acceptors (Lipinski definition) is 4. The van der Waals surface area contributed by atoms with E-state index in [2.05, 4.69) is 29.1 Å². The molecule has 1 aliphatic rings. The van der Waals surface area contributed by atoms with Gasteiger partial charge in [0.25, 0.3) is 0 Å². The summed E-state index contributed by atoms with van der Waals surface area (Å²) in [5.74, 6) is 0.820. The van der Waals surface area contributed by atoms with E-state index < -0.39 is 0 Å². The third-order valence-corrected chi connectivity index (χ3v) is 5.25. The van der Waals surface area contributed by atoms with E-state index in [0.717, 1.165) is 34.4 Å². The van der Waals surface area contributed by atoms with Crippen LogP contribution in [-0.2, 0) is 0 Å². The Bertz CT molecular complexity index is 599. The lowest BCUT2D eigenvalue weighted by Gasteiger charge is -2.29. The van der Waals surface area contributed by atoms with Crippen molar-refractivity contribution in [3.05, 3.63) is 17.1 Å². The number of anilines is 2.